The number of aryl methyl sites for hydroxylation is 2. The van der Waals surface area contributed by atoms with Crippen LogP contribution in [0.3, 0.4) is 0 Å². The Hall–Kier alpha value is -4.70. The van der Waals surface area contributed by atoms with Crippen molar-refractivity contribution in [2.24, 2.45) is 7.05 Å². The summed E-state index contributed by atoms with van der Waals surface area (Å²) in [4.78, 5) is 37.7. The number of nitrogens with zero attached hydrogens (tertiary/aromatic N) is 6. The number of carbonyl (C=O) groups is 2. The molecular formula is C25H25F6N7O4. The number of hydrogen-bond acceptors (Lipinski definition) is 7. The lowest BCUT2D eigenvalue weighted by Gasteiger charge is -2.31. The Morgan fingerprint density at radius 2 is 1.52 bits per heavy atom. The van der Waals surface area contributed by atoms with Gasteiger partial charge in [0.2, 0.25) is 5.95 Å². The van der Waals surface area contributed by atoms with Gasteiger partial charge in [-0.15, -0.1) is 0 Å². The van der Waals surface area contributed by atoms with E-state index in [4.69, 9.17) is 29.8 Å². The molecule has 0 aliphatic carbocycles. The molecule has 1 fully saturated rings. The summed E-state index contributed by atoms with van der Waals surface area (Å²) in [5, 5.41) is 18.7. The van der Waals surface area contributed by atoms with Crippen molar-refractivity contribution in [3.05, 3.63) is 54.2 Å². The second kappa shape index (κ2) is 12.9. The van der Waals surface area contributed by atoms with Crippen LogP contribution in [-0.2, 0) is 16.6 Å². The highest BCUT2D eigenvalue weighted by Crippen LogP contribution is 2.30. The Labute approximate surface area is 233 Å². The van der Waals surface area contributed by atoms with E-state index in [-0.39, 0.29) is 0 Å². The van der Waals surface area contributed by atoms with Crippen LogP contribution in [0.1, 0.15) is 30.3 Å². The van der Waals surface area contributed by atoms with Crippen molar-refractivity contribution < 1.29 is 46.1 Å². The van der Waals surface area contributed by atoms with Crippen molar-refractivity contribution in [3.8, 4) is 11.3 Å². The van der Waals surface area contributed by atoms with Crippen LogP contribution < -0.4 is 4.90 Å². The molecule has 1 aromatic carbocycles. The monoisotopic (exact) mass is 601 g/mol. The molecule has 0 atom stereocenters. The van der Waals surface area contributed by atoms with E-state index < -0.39 is 24.3 Å². The van der Waals surface area contributed by atoms with Crippen molar-refractivity contribution in [3.63, 3.8) is 0 Å². The smallest absolute Gasteiger partial charge is 0.475 e. The molecule has 42 heavy (non-hydrogen) atoms. The second-order valence-corrected chi connectivity index (χ2v) is 9.05. The maximum atomic E-state index is 10.6. The summed E-state index contributed by atoms with van der Waals surface area (Å²) < 4.78 is 65.3. The fourth-order valence-electron chi connectivity index (χ4n) is 4.02. The average Bonchev–Trinajstić information content (AvgIpc) is 3.51. The summed E-state index contributed by atoms with van der Waals surface area (Å²) in [7, 11) is 1.93. The average molecular weight is 602 g/mol. The lowest BCUT2D eigenvalue weighted by Crippen LogP contribution is -2.34. The number of H-pyrrole nitrogens is 1. The van der Waals surface area contributed by atoms with Gasteiger partial charge in [-0.2, -0.15) is 31.4 Å². The molecule has 1 saturated heterocycles. The van der Waals surface area contributed by atoms with Crippen LogP contribution in [0, 0.1) is 6.92 Å². The number of carboxylic acids is 2. The molecule has 3 N–H and O–H groups in total. The van der Waals surface area contributed by atoms with Crippen molar-refractivity contribution in [2.75, 3.05) is 18.0 Å². The van der Waals surface area contributed by atoms with E-state index in [9.17, 15) is 26.3 Å². The summed E-state index contributed by atoms with van der Waals surface area (Å²) in [5.41, 5.74) is 5.12. The zero-order valence-electron chi connectivity index (χ0n) is 22.1. The number of piperidine rings is 1. The number of alkyl halides is 6. The number of imidazole rings is 1. The molecule has 5 rings (SSSR count). The summed E-state index contributed by atoms with van der Waals surface area (Å²) in [6.07, 6.45) is -4.23. The van der Waals surface area contributed by atoms with Gasteiger partial charge >= 0.3 is 24.3 Å². The SMILES string of the molecule is Cc1nn(C)cc1-c1ccnc(N2CCC(c3nc4ccccc4[nH]3)CC2)n1.O=C(O)C(F)(F)F.O=C(O)C(F)(F)F. The summed E-state index contributed by atoms with van der Waals surface area (Å²) in [6, 6.07) is 10.2. The minimum Gasteiger partial charge on any atom is -0.475 e. The lowest BCUT2D eigenvalue weighted by molar-refractivity contribution is -0.193. The van der Waals surface area contributed by atoms with Crippen LogP contribution in [-0.4, -0.2) is 77.3 Å². The maximum Gasteiger partial charge on any atom is 0.490 e. The zero-order valence-corrected chi connectivity index (χ0v) is 22.1. The van der Waals surface area contributed by atoms with E-state index in [0.717, 1.165) is 65.7 Å². The minimum absolute atomic E-state index is 0.451. The minimum atomic E-state index is -5.08. The van der Waals surface area contributed by atoms with E-state index in [1.165, 1.54) is 0 Å². The van der Waals surface area contributed by atoms with Crippen molar-refractivity contribution in [2.45, 2.75) is 38.0 Å². The summed E-state index contributed by atoms with van der Waals surface area (Å²) in [5.74, 6) is -3.17. The van der Waals surface area contributed by atoms with Crippen molar-refractivity contribution >= 4 is 28.9 Å². The topological polar surface area (TPSA) is 150 Å². The Morgan fingerprint density at radius 3 is 2.02 bits per heavy atom. The van der Waals surface area contributed by atoms with E-state index >= 15 is 0 Å². The number of fused-ring (bicyclic) bond motifs is 1. The molecule has 0 amide bonds. The third-order valence-corrected chi connectivity index (χ3v) is 5.99. The fourth-order valence-corrected chi connectivity index (χ4v) is 4.02. The number of aliphatic carboxylic acids is 2. The first-order valence-corrected chi connectivity index (χ1v) is 12.2. The molecule has 3 aromatic heterocycles. The lowest BCUT2D eigenvalue weighted by atomic mass is 9.96. The molecule has 17 heteroatoms. The Kier molecular flexibility index (Phi) is 9.75. The highest BCUT2D eigenvalue weighted by molar-refractivity contribution is 5.75. The number of anilines is 1. The fraction of sp³-hybridized carbons (Fsp3) is 0.360. The number of rotatable bonds is 3. The van der Waals surface area contributed by atoms with E-state index in [1.807, 2.05) is 49.2 Å². The number of aromatic nitrogens is 6. The Morgan fingerprint density at radius 1 is 0.952 bits per heavy atom. The van der Waals surface area contributed by atoms with Crippen LogP contribution >= 0.6 is 0 Å². The van der Waals surface area contributed by atoms with Gasteiger partial charge in [-0.3, -0.25) is 4.68 Å². The standard InChI is InChI=1S/C21H23N7.2C2HF3O2/c1-14-16(13-27(2)26-14)17-7-10-22-21(25-17)28-11-8-15(9-12-28)20-23-18-5-3-4-6-19(18)24-20;2*3-2(4,5)1(6)7/h3-7,10,13,15H,8-9,11-12H2,1-2H3,(H,23,24);2*(H,6,7). The Bertz CT molecular complexity index is 1470. The molecular weight excluding hydrogens is 576 g/mol. The third kappa shape index (κ3) is 8.40. The molecule has 0 bridgehead atoms. The summed E-state index contributed by atoms with van der Waals surface area (Å²) >= 11 is 0. The second-order valence-electron chi connectivity index (χ2n) is 9.05. The highest BCUT2D eigenvalue weighted by atomic mass is 19.4. The first-order chi connectivity index (χ1) is 19.6. The van der Waals surface area contributed by atoms with Gasteiger partial charge in [-0.1, -0.05) is 12.1 Å². The van der Waals surface area contributed by atoms with Gasteiger partial charge < -0.3 is 20.1 Å². The molecule has 0 saturated carbocycles. The molecule has 0 spiro atoms. The maximum absolute atomic E-state index is 10.6. The molecule has 0 radical (unpaired) electrons. The quantitative estimate of drug-likeness (QED) is 0.284. The van der Waals surface area contributed by atoms with Crippen LogP contribution in [0.15, 0.2) is 42.7 Å². The van der Waals surface area contributed by atoms with Gasteiger partial charge in [0.1, 0.15) is 5.82 Å². The number of carboxylic acid groups (broad SMARTS) is 2. The predicted molar refractivity (Wildman–Crippen MR) is 137 cm³/mol. The van der Waals surface area contributed by atoms with E-state index in [1.54, 1.807) is 0 Å². The van der Waals surface area contributed by atoms with Gasteiger partial charge in [0.15, 0.2) is 0 Å². The summed E-state index contributed by atoms with van der Waals surface area (Å²) in [6.45, 7) is 3.87. The molecule has 1 aliphatic rings. The van der Waals surface area contributed by atoms with Gasteiger partial charge in [-0.25, -0.2) is 24.5 Å². The molecule has 0 unspecified atom stereocenters. The largest absolute Gasteiger partial charge is 0.490 e. The molecule has 4 heterocycles. The number of hydrogen-bond donors (Lipinski definition) is 3. The first kappa shape index (κ1) is 31.8. The first-order valence-electron chi connectivity index (χ1n) is 12.2. The highest BCUT2D eigenvalue weighted by Gasteiger charge is 2.38. The van der Waals surface area contributed by atoms with Crippen LogP contribution in [0.25, 0.3) is 22.3 Å². The molecule has 4 aromatic rings. The number of aromatic amines is 1. The Balaban J connectivity index is 0.000000289. The van der Waals surface area contributed by atoms with Gasteiger partial charge in [0.05, 0.1) is 22.4 Å². The van der Waals surface area contributed by atoms with Crippen molar-refractivity contribution in [1.29, 1.82) is 0 Å². The molecule has 226 valence electrons. The third-order valence-electron chi connectivity index (χ3n) is 5.99. The van der Waals surface area contributed by atoms with Crippen LogP contribution in [0.5, 0.6) is 0 Å². The van der Waals surface area contributed by atoms with Crippen molar-refractivity contribution in [1.82, 2.24) is 29.7 Å². The predicted octanol–water partition coefficient (Wildman–Crippen LogP) is 4.71. The van der Waals surface area contributed by atoms with Gasteiger partial charge in [0.25, 0.3) is 0 Å². The number of nitrogens with one attached hydrogen (secondary N) is 1. The van der Waals surface area contributed by atoms with E-state index in [2.05, 4.69) is 32.1 Å². The van der Waals surface area contributed by atoms with Crippen LogP contribution in [0.2, 0.25) is 0 Å². The number of halogens is 6. The number of benzene rings is 1. The van der Waals surface area contributed by atoms with Crippen LogP contribution in [0.4, 0.5) is 32.3 Å². The molecule has 11 nitrogen and oxygen atoms in total. The normalized spacial score (nSPS) is 14.0. The number of para-hydroxylation sites is 2. The van der Waals surface area contributed by atoms with Gasteiger partial charge in [0, 0.05) is 44.0 Å². The molecule has 1 aliphatic heterocycles. The van der Waals surface area contributed by atoms with E-state index in [0.29, 0.717) is 5.92 Å². The zero-order chi connectivity index (χ0) is 31.2. The van der Waals surface area contributed by atoms with Gasteiger partial charge in [-0.05, 0) is 38.0 Å².